The van der Waals surface area contributed by atoms with Gasteiger partial charge in [-0.3, -0.25) is 0 Å². The highest BCUT2D eigenvalue weighted by molar-refractivity contribution is 5.87. The van der Waals surface area contributed by atoms with Crippen LogP contribution in [0.1, 0.15) is 11.1 Å². The van der Waals surface area contributed by atoms with Crippen molar-refractivity contribution in [3.8, 4) is 28.7 Å². The molecule has 0 saturated carbocycles. The molecular formula is C20H17N3O2. The fourth-order valence-corrected chi connectivity index (χ4v) is 2.87. The van der Waals surface area contributed by atoms with Gasteiger partial charge in [-0.1, -0.05) is 41.1 Å². The van der Waals surface area contributed by atoms with Gasteiger partial charge < -0.3 is 9.26 Å². The molecule has 0 aliphatic rings. The molecule has 5 nitrogen and oxygen atoms in total. The number of hydrogen-bond acceptors (Lipinski definition) is 5. The second kappa shape index (κ2) is 6.02. The lowest BCUT2D eigenvalue weighted by Gasteiger charge is -2.08. The molecule has 2 aromatic carbocycles. The van der Waals surface area contributed by atoms with Crippen molar-refractivity contribution in [3.05, 3.63) is 59.7 Å². The highest BCUT2D eigenvalue weighted by atomic mass is 16.5. The number of fused-ring (bicyclic) bond motifs is 1. The third-order valence-electron chi connectivity index (χ3n) is 4.14. The van der Waals surface area contributed by atoms with E-state index in [1.54, 1.807) is 7.11 Å². The van der Waals surface area contributed by atoms with E-state index in [0.717, 1.165) is 27.6 Å². The minimum absolute atomic E-state index is 0.462. The van der Waals surface area contributed by atoms with Gasteiger partial charge in [0.05, 0.1) is 18.2 Å². The molecule has 0 amide bonds. The molecule has 2 aromatic heterocycles. The molecule has 0 saturated heterocycles. The molecule has 0 unspecified atom stereocenters. The molecule has 4 rings (SSSR count). The van der Waals surface area contributed by atoms with Crippen molar-refractivity contribution in [2.24, 2.45) is 0 Å². The average Bonchev–Trinajstić information content (AvgIpc) is 3.11. The van der Waals surface area contributed by atoms with Gasteiger partial charge >= 0.3 is 0 Å². The van der Waals surface area contributed by atoms with Crippen molar-refractivity contribution in [1.82, 2.24) is 15.1 Å². The van der Waals surface area contributed by atoms with E-state index in [4.69, 9.17) is 9.26 Å². The summed E-state index contributed by atoms with van der Waals surface area (Å²) in [7, 11) is 1.59. The van der Waals surface area contributed by atoms with Crippen LogP contribution in [0, 0.1) is 13.8 Å². The van der Waals surface area contributed by atoms with Crippen molar-refractivity contribution in [3.63, 3.8) is 0 Å². The first-order chi connectivity index (χ1) is 12.2. The van der Waals surface area contributed by atoms with Crippen molar-refractivity contribution in [2.45, 2.75) is 13.8 Å². The molecule has 25 heavy (non-hydrogen) atoms. The fraction of sp³-hybridized carbons (Fsp3) is 0.150. The van der Waals surface area contributed by atoms with Gasteiger partial charge in [0.25, 0.3) is 5.89 Å². The summed E-state index contributed by atoms with van der Waals surface area (Å²) in [5.74, 6) is 1.42. The fourth-order valence-electron chi connectivity index (χ4n) is 2.87. The summed E-state index contributed by atoms with van der Waals surface area (Å²) in [5, 5.41) is 5.14. The molecule has 2 heterocycles. The predicted octanol–water partition coefficient (Wildman–Crippen LogP) is 4.58. The van der Waals surface area contributed by atoms with Gasteiger partial charge in [0.1, 0.15) is 0 Å². The quantitative estimate of drug-likeness (QED) is 0.550. The Morgan fingerprint density at radius 1 is 0.960 bits per heavy atom. The van der Waals surface area contributed by atoms with Crippen LogP contribution in [0.5, 0.6) is 5.88 Å². The maximum atomic E-state index is 5.46. The van der Waals surface area contributed by atoms with E-state index in [-0.39, 0.29) is 0 Å². The summed E-state index contributed by atoms with van der Waals surface area (Å²) in [6, 6.07) is 16.0. The number of aryl methyl sites for hydroxylation is 2. The Balaban J connectivity index is 1.85. The third-order valence-corrected chi connectivity index (χ3v) is 4.14. The predicted molar refractivity (Wildman–Crippen MR) is 96.5 cm³/mol. The highest BCUT2D eigenvalue weighted by Gasteiger charge is 2.17. The number of hydrogen-bond donors (Lipinski definition) is 0. The van der Waals surface area contributed by atoms with Crippen LogP contribution < -0.4 is 4.74 Å². The maximum Gasteiger partial charge on any atom is 0.258 e. The molecule has 0 atom stereocenters. The lowest BCUT2D eigenvalue weighted by atomic mass is 10.1. The van der Waals surface area contributed by atoms with Crippen LogP contribution in [0.15, 0.2) is 53.1 Å². The van der Waals surface area contributed by atoms with Crippen molar-refractivity contribution >= 4 is 10.9 Å². The smallest absolute Gasteiger partial charge is 0.258 e. The minimum Gasteiger partial charge on any atom is -0.480 e. The van der Waals surface area contributed by atoms with Gasteiger partial charge in [0, 0.05) is 10.9 Å². The summed E-state index contributed by atoms with van der Waals surface area (Å²) >= 11 is 0. The van der Waals surface area contributed by atoms with E-state index in [1.165, 1.54) is 0 Å². The first kappa shape index (κ1) is 15.3. The molecule has 4 aromatic rings. The normalized spacial score (nSPS) is 11.0. The van der Waals surface area contributed by atoms with Crippen LogP contribution in [-0.4, -0.2) is 22.2 Å². The van der Waals surface area contributed by atoms with E-state index in [2.05, 4.69) is 15.1 Å². The molecular weight excluding hydrogens is 314 g/mol. The van der Waals surface area contributed by atoms with E-state index in [0.29, 0.717) is 23.2 Å². The van der Waals surface area contributed by atoms with Crippen LogP contribution in [0.2, 0.25) is 0 Å². The van der Waals surface area contributed by atoms with Crippen LogP contribution in [0.25, 0.3) is 33.7 Å². The zero-order valence-electron chi connectivity index (χ0n) is 14.3. The molecule has 5 heteroatoms. The maximum absolute atomic E-state index is 5.46. The Bertz CT molecular complexity index is 1070. The first-order valence-electron chi connectivity index (χ1n) is 8.01. The SMILES string of the molecule is COc1nc2c(C)cccc2cc1-c1noc(-c2cccc(C)c2)n1. The molecule has 0 N–H and O–H groups in total. The zero-order chi connectivity index (χ0) is 17.4. The van der Waals surface area contributed by atoms with Crippen molar-refractivity contribution in [1.29, 1.82) is 0 Å². The Hall–Kier alpha value is -3.21. The van der Waals surface area contributed by atoms with E-state index in [9.17, 15) is 0 Å². The molecule has 0 fully saturated rings. The standard InChI is InChI=1S/C20H17N3O2/c1-12-6-4-9-15(10-12)19-22-18(23-25-19)16-11-14-8-5-7-13(2)17(14)21-20(16)24-3/h4-11H,1-3H3. The number of para-hydroxylation sites is 1. The number of benzene rings is 2. The number of nitrogens with zero attached hydrogens (tertiary/aromatic N) is 3. The molecule has 0 spiro atoms. The lowest BCUT2D eigenvalue weighted by molar-refractivity contribution is 0.399. The Labute approximate surface area is 145 Å². The van der Waals surface area contributed by atoms with Crippen molar-refractivity contribution < 1.29 is 9.26 Å². The van der Waals surface area contributed by atoms with Crippen LogP contribution in [-0.2, 0) is 0 Å². The van der Waals surface area contributed by atoms with Crippen LogP contribution in [0.3, 0.4) is 0 Å². The molecule has 0 aliphatic heterocycles. The molecule has 124 valence electrons. The average molecular weight is 331 g/mol. The molecule has 0 bridgehead atoms. The summed E-state index contributed by atoms with van der Waals surface area (Å²) in [6.07, 6.45) is 0. The largest absolute Gasteiger partial charge is 0.480 e. The van der Waals surface area contributed by atoms with Gasteiger partial charge in [-0.25, -0.2) is 4.98 Å². The zero-order valence-corrected chi connectivity index (χ0v) is 14.3. The van der Waals surface area contributed by atoms with E-state index >= 15 is 0 Å². The van der Waals surface area contributed by atoms with Crippen LogP contribution in [0.4, 0.5) is 0 Å². The minimum atomic E-state index is 0.462. The monoisotopic (exact) mass is 331 g/mol. The van der Waals surface area contributed by atoms with Crippen molar-refractivity contribution in [2.75, 3.05) is 7.11 Å². The second-order valence-corrected chi connectivity index (χ2v) is 5.98. The summed E-state index contributed by atoms with van der Waals surface area (Å²) < 4.78 is 10.9. The Morgan fingerprint density at radius 3 is 2.60 bits per heavy atom. The topological polar surface area (TPSA) is 61.0 Å². The van der Waals surface area contributed by atoms with Gasteiger partial charge in [-0.05, 0) is 37.6 Å². The number of aromatic nitrogens is 3. The third kappa shape index (κ3) is 2.74. The first-order valence-corrected chi connectivity index (χ1v) is 8.01. The van der Waals surface area contributed by atoms with Gasteiger partial charge in [-0.15, -0.1) is 0 Å². The Kier molecular flexibility index (Phi) is 3.69. The van der Waals surface area contributed by atoms with E-state index in [1.807, 2.05) is 62.4 Å². The number of rotatable bonds is 3. The molecule has 0 aliphatic carbocycles. The van der Waals surface area contributed by atoms with Crippen LogP contribution >= 0.6 is 0 Å². The number of methoxy groups -OCH3 is 1. The number of pyridine rings is 1. The van der Waals surface area contributed by atoms with Gasteiger partial charge in [0.15, 0.2) is 0 Å². The van der Waals surface area contributed by atoms with Gasteiger partial charge in [0.2, 0.25) is 11.7 Å². The Morgan fingerprint density at radius 2 is 1.80 bits per heavy atom. The van der Waals surface area contributed by atoms with E-state index < -0.39 is 0 Å². The summed E-state index contributed by atoms with van der Waals surface area (Å²) in [6.45, 7) is 4.05. The second-order valence-electron chi connectivity index (χ2n) is 5.98. The highest BCUT2D eigenvalue weighted by Crippen LogP contribution is 2.32. The summed E-state index contributed by atoms with van der Waals surface area (Å²) in [4.78, 5) is 9.15. The van der Waals surface area contributed by atoms with Gasteiger partial charge in [-0.2, -0.15) is 4.98 Å². The lowest BCUT2D eigenvalue weighted by Crippen LogP contribution is -1.95. The summed E-state index contributed by atoms with van der Waals surface area (Å²) in [5.41, 5.74) is 4.74. The molecule has 0 radical (unpaired) electrons. The number of ether oxygens (including phenoxy) is 1.